The van der Waals surface area contributed by atoms with Crippen LogP contribution in [0, 0.1) is 12.7 Å². The summed E-state index contributed by atoms with van der Waals surface area (Å²) < 4.78 is 18.4. The lowest BCUT2D eigenvalue weighted by atomic mass is 10.1. The largest absolute Gasteiger partial charge is 0.377 e. The number of amides is 1. The zero-order valence-corrected chi connectivity index (χ0v) is 10.1. The van der Waals surface area contributed by atoms with Gasteiger partial charge in [-0.3, -0.25) is 4.79 Å². The predicted molar refractivity (Wildman–Crippen MR) is 62.5 cm³/mol. The Labute approximate surface area is 100 Å². The lowest BCUT2D eigenvalue weighted by molar-refractivity contribution is 0.00359. The summed E-state index contributed by atoms with van der Waals surface area (Å²) in [5, 5.41) is 0. The van der Waals surface area contributed by atoms with Gasteiger partial charge in [-0.25, -0.2) is 4.39 Å². The van der Waals surface area contributed by atoms with E-state index in [9.17, 15) is 9.18 Å². The summed E-state index contributed by atoms with van der Waals surface area (Å²) in [7, 11) is 0. The van der Waals surface area contributed by atoms with Gasteiger partial charge in [0.2, 0.25) is 0 Å². The molecule has 1 aliphatic rings. The molecule has 1 aromatic carbocycles. The van der Waals surface area contributed by atoms with Crippen molar-refractivity contribution in [2.75, 3.05) is 19.8 Å². The fourth-order valence-electron chi connectivity index (χ4n) is 1.97. The smallest absolute Gasteiger partial charge is 0.254 e. The van der Waals surface area contributed by atoms with E-state index in [0.29, 0.717) is 30.9 Å². The Balaban J connectivity index is 2.21. The summed E-state index contributed by atoms with van der Waals surface area (Å²) in [5.74, 6) is -0.333. The first-order chi connectivity index (χ1) is 8.09. The highest BCUT2D eigenvalue weighted by Crippen LogP contribution is 2.15. The fourth-order valence-corrected chi connectivity index (χ4v) is 1.97. The molecule has 0 N–H and O–H groups in total. The maximum Gasteiger partial charge on any atom is 0.254 e. The van der Waals surface area contributed by atoms with Crippen LogP contribution in [-0.2, 0) is 4.74 Å². The highest BCUT2D eigenvalue weighted by molar-refractivity contribution is 5.94. The van der Waals surface area contributed by atoms with Crippen molar-refractivity contribution in [2.45, 2.75) is 19.9 Å². The molecule has 1 saturated heterocycles. The number of carbonyl (C=O) groups excluding carboxylic acids is 1. The van der Waals surface area contributed by atoms with Gasteiger partial charge in [0, 0.05) is 12.1 Å². The van der Waals surface area contributed by atoms with Crippen LogP contribution in [0.25, 0.3) is 0 Å². The Bertz CT molecular complexity index is 433. The average Bonchev–Trinajstić information content (AvgIpc) is 2.32. The van der Waals surface area contributed by atoms with Crippen LogP contribution in [-0.4, -0.2) is 36.6 Å². The number of hydrogen-bond acceptors (Lipinski definition) is 2. The van der Waals surface area contributed by atoms with Crippen molar-refractivity contribution in [3.8, 4) is 0 Å². The molecule has 1 aromatic rings. The molecule has 3 nitrogen and oxygen atoms in total. The number of rotatable bonds is 1. The molecule has 0 aliphatic carbocycles. The Morgan fingerprint density at radius 2 is 2.29 bits per heavy atom. The van der Waals surface area contributed by atoms with Crippen LogP contribution in [0.5, 0.6) is 0 Å². The molecular formula is C13H16FNO2. The van der Waals surface area contributed by atoms with Crippen molar-refractivity contribution in [2.24, 2.45) is 0 Å². The van der Waals surface area contributed by atoms with Gasteiger partial charge < -0.3 is 9.64 Å². The van der Waals surface area contributed by atoms with E-state index in [1.807, 2.05) is 6.92 Å². The first-order valence-electron chi connectivity index (χ1n) is 5.74. The lowest BCUT2D eigenvalue weighted by Gasteiger charge is -2.33. The summed E-state index contributed by atoms with van der Waals surface area (Å²) in [6.45, 7) is 5.33. The van der Waals surface area contributed by atoms with E-state index < -0.39 is 0 Å². The van der Waals surface area contributed by atoms with Crippen LogP contribution in [0.15, 0.2) is 18.2 Å². The molecule has 1 atom stereocenters. The second kappa shape index (κ2) is 4.84. The molecule has 1 aliphatic heterocycles. The van der Waals surface area contributed by atoms with Crippen LogP contribution in [0.2, 0.25) is 0 Å². The van der Waals surface area contributed by atoms with E-state index in [2.05, 4.69) is 0 Å². The van der Waals surface area contributed by atoms with Crippen LogP contribution >= 0.6 is 0 Å². The molecule has 0 radical (unpaired) electrons. The number of hydrogen-bond donors (Lipinski definition) is 0. The molecule has 92 valence electrons. The number of halogens is 1. The number of ether oxygens (including phenoxy) is 1. The average molecular weight is 237 g/mol. The van der Waals surface area contributed by atoms with Gasteiger partial charge in [0.15, 0.2) is 0 Å². The van der Waals surface area contributed by atoms with Gasteiger partial charge in [-0.1, -0.05) is 0 Å². The third-order valence-corrected chi connectivity index (χ3v) is 3.03. The van der Waals surface area contributed by atoms with Crippen molar-refractivity contribution in [3.63, 3.8) is 0 Å². The van der Waals surface area contributed by atoms with E-state index in [4.69, 9.17) is 4.74 Å². The highest BCUT2D eigenvalue weighted by atomic mass is 19.1. The highest BCUT2D eigenvalue weighted by Gasteiger charge is 2.24. The predicted octanol–water partition coefficient (Wildman–Crippen LogP) is 2.00. The van der Waals surface area contributed by atoms with E-state index in [0.717, 1.165) is 0 Å². The molecule has 0 saturated carbocycles. The van der Waals surface area contributed by atoms with Gasteiger partial charge in [0.25, 0.3) is 5.91 Å². The third-order valence-electron chi connectivity index (χ3n) is 3.03. The fraction of sp³-hybridized carbons (Fsp3) is 0.462. The number of morpholine rings is 1. The molecule has 0 bridgehead atoms. The van der Waals surface area contributed by atoms with Crippen molar-refractivity contribution in [1.29, 1.82) is 0 Å². The van der Waals surface area contributed by atoms with Crippen LogP contribution in [0.4, 0.5) is 4.39 Å². The van der Waals surface area contributed by atoms with E-state index in [-0.39, 0.29) is 17.8 Å². The number of benzene rings is 1. The molecule has 4 heteroatoms. The van der Waals surface area contributed by atoms with E-state index in [1.165, 1.54) is 12.1 Å². The minimum atomic E-state index is -0.281. The Kier molecular flexibility index (Phi) is 3.43. The third kappa shape index (κ3) is 2.47. The van der Waals surface area contributed by atoms with Gasteiger partial charge in [-0.2, -0.15) is 0 Å². The summed E-state index contributed by atoms with van der Waals surface area (Å²) >= 11 is 0. The van der Waals surface area contributed by atoms with Gasteiger partial charge >= 0.3 is 0 Å². The lowest BCUT2D eigenvalue weighted by Crippen LogP contribution is -2.47. The van der Waals surface area contributed by atoms with Crippen molar-refractivity contribution in [1.82, 2.24) is 4.90 Å². The van der Waals surface area contributed by atoms with Gasteiger partial charge in [-0.15, -0.1) is 0 Å². The SMILES string of the molecule is Cc1cc(C(=O)N2CCOCC2C)ccc1F. The molecule has 17 heavy (non-hydrogen) atoms. The minimum absolute atomic E-state index is 0.0519. The summed E-state index contributed by atoms with van der Waals surface area (Å²) in [6.07, 6.45) is 0. The normalized spacial score (nSPS) is 20.4. The standard InChI is InChI=1S/C13H16FNO2/c1-9-7-11(3-4-12(9)14)13(16)15-5-6-17-8-10(15)2/h3-4,7,10H,5-6,8H2,1-2H3. The maximum absolute atomic E-state index is 13.1. The van der Waals surface area contributed by atoms with E-state index >= 15 is 0 Å². The zero-order valence-electron chi connectivity index (χ0n) is 10.1. The Morgan fingerprint density at radius 3 is 2.94 bits per heavy atom. The monoisotopic (exact) mass is 237 g/mol. The molecule has 1 unspecified atom stereocenters. The van der Waals surface area contributed by atoms with Crippen LogP contribution in [0.1, 0.15) is 22.8 Å². The number of aryl methyl sites for hydroxylation is 1. The second-order valence-corrected chi connectivity index (χ2v) is 4.39. The molecule has 1 fully saturated rings. The Morgan fingerprint density at radius 1 is 1.53 bits per heavy atom. The number of carbonyl (C=O) groups is 1. The van der Waals surface area contributed by atoms with Crippen LogP contribution < -0.4 is 0 Å². The van der Waals surface area contributed by atoms with Gasteiger partial charge in [0.05, 0.1) is 19.3 Å². The topological polar surface area (TPSA) is 29.5 Å². The zero-order chi connectivity index (χ0) is 12.4. The van der Waals surface area contributed by atoms with Gasteiger partial charge in [0.1, 0.15) is 5.82 Å². The van der Waals surface area contributed by atoms with Gasteiger partial charge in [-0.05, 0) is 37.6 Å². The summed E-state index contributed by atoms with van der Waals surface area (Å²) in [5.41, 5.74) is 1.04. The Hall–Kier alpha value is -1.42. The van der Waals surface area contributed by atoms with Crippen molar-refractivity contribution in [3.05, 3.63) is 35.1 Å². The molecule has 1 amide bonds. The summed E-state index contributed by atoms with van der Waals surface area (Å²) in [4.78, 5) is 14.0. The second-order valence-electron chi connectivity index (χ2n) is 4.39. The molecule has 0 spiro atoms. The van der Waals surface area contributed by atoms with Crippen molar-refractivity contribution < 1.29 is 13.9 Å². The molecule has 2 rings (SSSR count). The summed E-state index contributed by atoms with van der Waals surface area (Å²) in [6, 6.07) is 4.54. The number of nitrogens with zero attached hydrogens (tertiary/aromatic N) is 1. The van der Waals surface area contributed by atoms with Crippen molar-refractivity contribution >= 4 is 5.91 Å². The van der Waals surface area contributed by atoms with Crippen LogP contribution in [0.3, 0.4) is 0 Å². The first-order valence-corrected chi connectivity index (χ1v) is 5.74. The molecule has 1 heterocycles. The first kappa shape index (κ1) is 12.0. The molecule has 0 aromatic heterocycles. The quantitative estimate of drug-likeness (QED) is 0.747. The van der Waals surface area contributed by atoms with E-state index in [1.54, 1.807) is 17.9 Å². The maximum atomic E-state index is 13.1. The minimum Gasteiger partial charge on any atom is -0.377 e. The molecular weight excluding hydrogens is 221 g/mol.